The van der Waals surface area contributed by atoms with Crippen LogP contribution in [0.1, 0.15) is 13.8 Å². The Hall–Kier alpha value is -1.32. The van der Waals surface area contributed by atoms with Crippen LogP contribution in [0.15, 0.2) is 11.6 Å². The van der Waals surface area contributed by atoms with Crippen LogP contribution in [0.4, 0.5) is 0 Å². The summed E-state index contributed by atoms with van der Waals surface area (Å²) in [7, 11) is 0. The molecular formula is C8H10O4. The van der Waals surface area contributed by atoms with Gasteiger partial charge in [-0.2, -0.15) is 0 Å². The summed E-state index contributed by atoms with van der Waals surface area (Å²) in [5, 5.41) is 8.59. The molecule has 0 radical (unpaired) electrons. The maximum absolute atomic E-state index is 10.8. The van der Waals surface area contributed by atoms with Gasteiger partial charge >= 0.3 is 11.9 Å². The molecule has 0 saturated heterocycles. The molecule has 0 fully saturated rings. The van der Waals surface area contributed by atoms with Crippen LogP contribution in [0, 0.1) is 5.92 Å². The van der Waals surface area contributed by atoms with Crippen LogP contribution in [-0.4, -0.2) is 23.1 Å². The van der Waals surface area contributed by atoms with Gasteiger partial charge in [-0.15, -0.1) is 0 Å². The van der Waals surface area contributed by atoms with Gasteiger partial charge in [-0.25, -0.2) is 4.79 Å². The fourth-order valence-electron chi connectivity index (χ4n) is 0.952. The predicted molar refractivity (Wildman–Crippen MR) is 40.4 cm³/mol. The summed E-state index contributed by atoms with van der Waals surface area (Å²) in [6.45, 7) is 3.12. The molecule has 1 rings (SSSR count). The molecule has 0 bridgehead atoms. The standard InChI is InChI=1S/C8H10O4/c1-4-3-6(12-8(4)11)5(2)7(9)10/h3,5-6H,1-2H3,(H,9,10). The fourth-order valence-corrected chi connectivity index (χ4v) is 0.952. The number of rotatable bonds is 2. The van der Waals surface area contributed by atoms with Crippen molar-refractivity contribution in [2.45, 2.75) is 20.0 Å². The summed E-state index contributed by atoms with van der Waals surface area (Å²) in [5.74, 6) is -2.06. The normalized spacial score (nSPS) is 24.7. The van der Waals surface area contributed by atoms with Crippen molar-refractivity contribution in [3.05, 3.63) is 11.6 Å². The van der Waals surface area contributed by atoms with Gasteiger partial charge in [-0.05, 0) is 19.9 Å². The Morgan fingerprint density at radius 2 is 2.33 bits per heavy atom. The van der Waals surface area contributed by atoms with E-state index >= 15 is 0 Å². The van der Waals surface area contributed by atoms with E-state index in [0.717, 1.165) is 0 Å². The highest BCUT2D eigenvalue weighted by Gasteiger charge is 2.30. The van der Waals surface area contributed by atoms with Crippen molar-refractivity contribution in [2.75, 3.05) is 0 Å². The largest absolute Gasteiger partial charge is 0.481 e. The number of carbonyl (C=O) groups is 2. The molecule has 1 aliphatic rings. The van der Waals surface area contributed by atoms with Crippen LogP contribution in [-0.2, 0) is 14.3 Å². The molecular weight excluding hydrogens is 160 g/mol. The molecule has 0 aromatic carbocycles. The van der Waals surface area contributed by atoms with E-state index in [2.05, 4.69) is 0 Å². The lowest BCUT2D eigenvalue weighted by atomic mass is 10.1. The fraction of sp³-hybridized carbons (Fsp3) is 0.500. The average molecular weight is 170 g/mol. The van der Waals surface area contributed by atoms with Crippen molar-refractivity contribution in [3.63, 3.8) is 0 Å². The molecule has 0 spiro atoms. The molecule has 1 N–H and O–H groups in total. The zero-order valence-electron chi connectivity index (χ0n) is 6.90. The van der Waals surface area contributed by atoms with Crippen molar-refractivity contribution < 1.29 is 19.4 Å². The van der Waals surface area contributed by atoms with Gasteiger partial charge in [0.15, 0.2) is 0 Å². The van der Waals surface area contributed by atoms with E-state index in [0.29, 0.717) is 5.57 Å². The van der Waals surface area contributed by atoms with Crippen molar-refractivity contribution >= 4 is 11.9 Å². The van der Waals surface area contributed by atoms with Gasteiger partial charge in [0.2, 0.25) is 0 Å². The maximum Gasteiger partial charge on any atom is 0.334 e. The molecule has 2 atom stereocenters. The van der Waals surface area contributed by atoms with Crippen LogP contribution in [0.2, 0.25) is 0 Å². The van der Waals surface area contributed by atoms with Gasteiger partial charge in [-0.1, -0.05) is 0 Å². The maximum atomic E-state index is 10.8. The summed E-state index contributed by atoms with van der Waals surface area (Å²) < 4.78 is 4.78. The van der Waals surface area contributed by atoms with Crippen molar-refractivity contribution in [3.8, 4) is 0 Å². The van der Waals surface area contributed by atoms with Crippen LogP contribution < -0.4 is 0 Å². The smallest absolute Gasteiger partial charge is 0.334 e. The van der Waals surface area contributed by atoms with E-state index in [-0.39, 0.29) is 0 Å². The second-order valence-corrected chi connectivity index (χ2v) is 2.85. The summed E-state index contributed by atoms with van der Waals surface area (Å²) in [4.78, 5) is 21.3. The van der Waals surface area contributed by atoms with E-state index in [1.54, 1.807) is 13.0 Å². The van der Waals surface area contributed by atoms with Crippen LogP contribution in [0.3, 0.4) is 0 Å². The van der Waals surface area contributed by atoms with Crippen molar-refractivity contribution in [1.82, 2.24) is 0 Å². The number of cyclic esters (lactones) is 1. The van der Waals surface area contributed by atoms with E-state index in [9.17, 15) is 9.59 Å². The Labute approximate surface area is 69.8 Å². The molecule has 1 aliphatic heterocycles. The van der Waals surface area contributed by atoms with E-state index in [1.807, 2.05) is 0 Å². The number of hydrogen-bond donors (Lipinski definition) is 1. The predicted octanol–water partition coefficient (Wildman–Crippen LogP) is 0.579. The number of hydrogen-bond acceptors (Lipinski definition) is 3. The van der Waals surface area contributed by atoms with Crippen molar-refractivity contribution in [1.29, 1.82) is 0 Å². The number of esters is 1. The van der Waals surface area contributed by atoms with Gasteiger partial charge in [0, 0.05) is 5.57 Å². The minimum Gasteiger partial charge on any atom is -0.481 e. The highest BCUT2D eigenvalue weighted by molar-refractivity contribution is 5.90. The Morgan fingerprint density at radius 3 is 2.67 bits per heavy atom. The highest BCUT2D eigenvalue weighted by atomic mass is 16.5. The van der Waals surface area contributed by atoms with Gasteiger partial charge in [0.1, 0.15) is 6.10 Å². The summed E-state index contributed by atoms with van der Waals surface area (Å²) in [6, 6.07) is 0. The molecule has 4 nitrogen and oxygen atoms in total. The number of carboxylic acids is 1. The highest BCUT2D eigenvalue weighted by Crippen LogP contribution is 2.19. The zero-order valence-corrected chi connectivity index (χ0v) is 6.90. The molecule has 0 aromatic heterocycles. The third-order valence-corrected chi connectivity index (χ3v) is 1.86. The zero-order chi connectivity index (χ0) is 9.30. The van der Waals surface area contributed by atoms with E-state index in [1.165, 1.54) is 6.92 Å². The number of ether oxygens (including phenoxy) is 1. The molecule has 2 unspecified atom stereocenters. The van der Waals surface area contributed by atoms with Crippen molar-refractivity contribution in [2.24, 2.45) is 5.92 Å². The third-order valence-electron chi connectivity index (χ3n) is 1.86. The van der Waals surface area contributed by atoms with E-state index in [4.69, 9.17) is 9.84 Å². The lowest BCUT2D eigenvalue weighted by Gasteiger charge is -2.11. The topological polar surface area (TPSA) is 63.6 Å². The Balaban J connectivity index is 2.70. The molecule has 0 amide bonds. The Kier molecular flexibility index (Phi) is 2.17. The van der Waals surface area contributed by atoms with Gasteiger partial charge < -0.3 is 9.84 Å². The summed E-state index contributed by atoms with van der Waals surface area (Å²) in [6.07, 6.45) is 0.941. The molecule has 4 heteroatoms. The Bertz CT molecular complexity index is 254. The molecule has 0 aromatic rings. The van der Waals surface area contributed by atoms with Gasteiger partial charge in [-0.3, -0.25) is 4.79 Å². The first-order valence-electron chi connectivity index (χ1n) is 3.64. The molecule has 0 aliphatic carbocycles. The SMILES string of the molecule is CC1=CC(C(C)C(=O)O)OC1=O. The average Bonchev–Trinajstić information content (AvgIpc) is 2.30. The van der Waals surface area contributed by atoms with E-state index < -0.39 is 24.0 Å². The number of carbonyl (C=O) groups excluding carboxylic acids is 1. The summed E-state index contributed by atoms with van der Waals surface area (Å²) in [5.41, 5.74) is 0.480. The monoisotopic (exact) mass is 170 g/mol. The third kappa shape index (κ3) is 1.47. The molecule has 12 heavy (non-hydrogen) atoms. The quantitative estimate of drug-likeness (QED) is 0.615. The summed E-state index contributed by atoms with van der Waals surface area (Å²) >= 11 is 0. The van der Waals surface area contributed by atoms with Crippen LogP contribution in [0.5, 0.6) is 0 Å². The van der Waals surface area contributed by atoms with Gasteiger partial charge in [0.05, 0.1) is 5.92 Å². The first-order chi connectivity index (χ1) is 5.52. The number of aliphatic carboxylic acids is 1. The minimum atomic E-state index is -0.959. The van der Waals surface area contributed by atoms with Crippen LogP contribution >= 0.6 is 0 Å². The molecule has 0 saturated carbocycles. The lowest BCUT2D eigenvalue weighted by Crippen LogP contribution is -2.24. The second kappa shape index (κ2) is 2.97. The Morgan fingerprint density at radius 1 is 1.75 bits per heavy atom. The first kappa shape index (κ1) is 8.77. The number of carboxylic acid groups (broad SMARTS) is 1. The van der Waals surface area contributed by atoms with Gasteiger partial charge in [0.25, 0.3) is 0 Å². The second-order valence-electron chi connectivity index (χ2n) is 2.85. The minimum absolute atomic E-state index is 0.423. The molecule has 66 valence electrons. The van der Waals surface area contributed by atoms with Crippen LogP contribution in [0.25, 0.3) is 0 Å². The first-order valence-corrected chi connectivity index (χ1v) is 3.64. The lowest BCUT2D eigenvalue weighted by molar-refractivity contribution is -0.149. The molecule has 1 heterocycles.